The fourth-order valence-corrected chi connectivity index (χ4v) is 2.29. The number of rotatable bonds is 5. The van der Waals surface area contributed by atoms with Gasteiger partial charge in [0.05, 0.1) is 12.6 Å². The topological polar surface area (TPSA) is 59.6 Å². The van der Waals surface area contributed by atoms with E-state index in [-0.39, 0.29) is 18.2 Å². The third-order valence-corrected chi connectivity index (χ3v) is 3.47. The van der Waals surface area contributed by atoms with Crippen LogP contribution in [0.1, 0.15) is 12.0 Å². The Hall–Kier alpha value is -1.59. The van der Waals surface area contributed by atoms with Crippen LogP contribution in [0, 0.1) is 0 Å². The van der Waals surface area contributed by atoms with Crippen LogP contribution in [0.2, 0.25) is 0 Å². The molecule has 1 aliphatic rings. The van der Waals surface area contributed by atoms with Crippen LogP contribution in [-0.2, 0) is 15.9 Å². The Labute approximate surface area is 119 Å². The van der Waals surface area contributed by atoms with Crippen LogP contribution in [-0.4, -0.2) is 45.0 Å². The van der Waals surface area contributed by atoms with Gasteiger partial charge in [0.1, 0.15) is 6.10 Å². The molecule has 1 aromatic rings. The van der Waals surface area contributed by atoms with Crippen molar-refractivity contribution in [1.29, 1.82) is 0 Å². The first-order valence-corrected chi connectivity index (χ1v) is 6.98. The molecular formula is C15H22N2O3. The Bertz CT molecular complexity index is 411. The van der Waals surface area contributed by atoms with E-state index in [1.54, 1.807) is 7.11 Å². The van der Waals surface area contributed by atoms with E-state index in [9.17, 15) is 4.79 Å². The molecule has 0 radical (unpaired) electrons. The first kappa shape index (κ1) is 14.8. The van der Waals surface area contributed by atoms with Gasteiger partial charge in [-0.15, -0.1) is 0 Å². The molecule has 20 heavy (non-hydrogen) atoms. The summed E-state index contributed by atoms with van der Waals surface area (Å²) in [4.78, 5) is 11.8. The van der Waals surface area contributed by atoms with Crippen LogP contribution in [0.3, 0.4) is 0 Å². The van der Waals surface area contributed by atoms with Gasteiger partial charge in [-0.05, 0) is 18.4 Å². The fourth-order valence-electron chi connectivity index (χ4n) is 2.29. The zero-order chi connectivity index (χ0) is 14.2. The number of carbonyl (C=O) groups is 1. The predicted molar refractivity (Wildman–Crippen MR) is 76.7 cm³/mol. The zero-order valence-electron chi connectivity index (χ0n) is 11.8. The zero-order valence-corrected chi connectivity index (χ0v) is 11.8. The molecule has 110 valence electrons. The number of amides is 2. The normalized spacial score (nSPS) is 22.2. The van der Waals surface area contributed by atoms with Crippen LogP contribution in [0.4, 0.5) is 4.79 Å². The van der Waals surface area contributed by atoms with Crippen molar-refractivity contribution in [3.05, 3.63) is 35.9 Å². The molecule has 1 fully saturated rings. The van der Waals surface area contributed by atoms with Crippen molar-refractivity contribution in [2.24, 2.45) is 0 Å². The number of hydrogen-bond acceptors (Lipinski definition) is 3. The Kier molecular flexibility index (Phi) is 5.83. The van der Waals surface area contributed by atoms with E-state index in [4.69, 9.17) is 9.47 Å². The molecule has 1 heterocycles. The smallest absolute Gasteiger partial charge is 0.315 e. The molecule has 0 unspecified atom stereocenters. The van der Waals surface area contributed by atoms with Gasteiger partial charge in [-0.3, -0.25) is 0 Å². The highest BCUT2D eigenvalue weighted by atomic mass is 16.5. The number of nitrogens with one attached hydrogen (secondary N) is 2. The lowest BCUT2D eigenvalue weighted by molar-refractivity contribution is -0.0469. The van der Waals surface area contributed by atoms with Crippen LogP contribution in [0.15, 0.2) is 30.3 Å². The maximum atomic E-state index is 11.8. The standard InChI is InChI=1S/C15H22N2O3/c1-19-14-11-20-10-8-13(14)17-15(18)16-9-7-12-5-3-2-4-6-12/h2-6,13-14H,7-11H2,1H3,(H2,16,17,18)/t13-,14-/m1/s1. The van der Waals surface area contributed by atoms with E-state index in [0.29, 0.717) is 19.8 Å². The molecule has 0 aliphatic carbocycles. The number of ether oxygens (including phenoxy) is 2. The number of methoxy groups -OCH3 is 1. The summed E-state index contributed by atoms with van der Waals surface area (Å²) in [6.07, 6.45) is 1.55. The average Bonchev–Trinajstić information content (AvgIpc) is 2.49. The van der Waals surface area contributed by atoms with Crippen molar-refractivity contribution < 1.29 is 14.3 Å². The van der Waals surface area contributed by atoms with Gasteiger partial charge in [-0.2, -0.15) is 0 Å². The summed E-state index contributed by atoms with van der Waals surface area (Å²) < 4.78 is 10.6. The quantitative estimate of drug-likeness (QED) is 0.854. The average molecular weight is 278 g/mol. The molecule has 1 aromatic carbocycles. The number of carbonyl (C=O) groups excluding carboxylic acids is 1. The molecular weight excluding hydrogens is 256 g/mol. The lowest BCUT2D eigenvalue weighted by Crippen LogP contribution is -2.52. The minimum Gasteiger partial charge on any atom is -0.379 e. The maximum Gasteiger partial charge on any atom is 0.315 e. The van der Waals surface area contributed by atoms with Gasteiger partial charge in [-0.25, -0.2) is 4.79 Å². The monoisotopic (exact) mass is 278 g/mol. The van der Waals surface area contributed by atoms with Crippen molar-refractivity contribution in [2.75, 3.05) is 26.9 Å². The highest BCUT2D eigenvalue weighted by molar-refractivity contribution is 5.74. The summed E-state index contributed by atoms with van der Waals surface area (Å²) in [5, 5.41) is 5.83. The van der Waals surface area contributed by atoms with E-state index >= 15 is 0 Å². The van der Waals surface area contributed by atoms with Crippen LogP contribution >= 0.6 is 0 Å². The van der Waals surface area contributed by atoms with Crippen LogP contribution < -0.4 is 10.6 Å². The van der Waals surface area contributed by atoms with Crippen LogP contribution in [0.25, 0.3) is 0 Å². The predicted octanol–water partition coefficient (Wildman–Crippen LogP) is 1.33. The van der Waals surface area contributed by atoms with Crippen molar-refractivity contribution in [3.8, 4) is 0 Å². The van der Waals surface area contributed by atoms with Crippen molar-refractivity contribution in [2.45, 2.75) is 25.0 Å². The molecule has 2 atom stereocenters. The van der Waals surface area contributed by atoms with E-state index in [2.05, 4.69) is 22.8 Å². The maximum absolute atomic E-state index is 11.8. The number of hydrogen-bond donors (Lipinski definition) is 2. The summed E-state index contributed by atoms with van der Waals surface area (Å²) in [6, 6.07) is 9.97. The molecule has 1 aliphatic heterocycles. The Balaban J connectivity index is 1.69. The third-order valence-electron chi connectivity index (χ3n) is 3.47. The minimum absolute atomic E-state index is 0.0190. The molecule has 2 N–H and O–H groups in total. The lowest BCUT2D eigenvalue weighted by atomic mass is 10.1. The third kappa shape index (κ3) is 4.51. The van der Waals surface area contributed by atoms with Gasteiger partial charge >= 0.3 is 6.03 Å². The van der Waals surface area contributed by atoms with Gasteiger partial charge in [0, 0.05) is 20.3 Å². The lowest BCUT2D eigenvalue weighted by Gasteiger charge is -2.30. The molecule has 0 bridgehead atoms. The van der Waals surface area contributed by atoms with Gasteiger partial charge in [0.2, 0.25) is 0 Å². The molecule has 5 nitrogen and oxygen atoms in total. The highest BCUT2D eigenvalue weighted by Gasteiger charge is 2.26. The summed E-state index contributed by atoms with van der Waals surface area (Å²) in [7, 11) is 1.64. The second-order valence-corrected chi connectivity index (χ2v) is 4.88. The first-order chi connectivity index (χ1) is 9.79. The van der Waals surface area contributed by atoms with Gasteiger partial charge in [-0.1, -0.05) is 30.3 Å². The summed E-state index contributed by atoms with van der Waals surface area (Å²) >= 11 is 0. The molecule has 5 heteroatoms. The number of benzene rings is 1. The largest absolute Gasteiger partial charge is 0.379 e. The second-order valence-electron chi connectivity index (χ2n) is 4.88. The molecule has 0 spiro atoms. The Morgan fingerprint density at radius 1 is 1.40 bits per heavy atom. The van der Waals surface area contributed by atoms with Crippen molar-refractivity contribution in [1.82, 2.24) is 10.6 Å². The molecule has 2 rings (SSSR count). The van der Waals surface area contributed by atoms with Crippen molar-refractivity contribution in [3.63, 3.8) is 0 Å². The highest BCUT2D eigenvalue weighted by Crippen LogP contribution is 2.10. The Morgan fingerprint density at radius 3 is 2.95 bits per heavy atom. The van der Waals surface area contributed by atoms with E-state index in [1.165, 1.54) is 5.56 Å². The van der Waals surface area contributed by atoms with E-state index in [1.807, 2.05) is 18.2 Å². The van der Waals surface area contributed by atoms with E-state index < -0.39 is 0 Å². The van der Waals surface area contributed by atoms with E-state index in [0.717, 1.165) is 12.8 Å². The SMILES string of the molecule is CO[C@@H]1COCC[C@H]1NC(=O)NCCc1ccccc1. The van der Waals surface area contributed by atoms with Gasteiger partial charge in [0.25, 0.3) is 0 Å². The first-order valence-electron chi connectivity index (χ1n) is 6.98. The molecule has 0 aromatic heterocycles. The minimum atomic E-state index is -0.144. The van der Waals surface area contributed by atoms with Crippen LogP contribution in [0.5, 0.6) is 0 Å². The fraction of sp³-hybridized carbons (Fsp3) is 0.533. The molecule has 0 saturated carbocycles. The van der Waals surface area contributed by atoms with Gasteiger partial charge in [0.15, 0.2) is 0 Å². The van der Waals surface area contributed by atoms with Crippen molar-refractivity contribution >= 4 is 6.03 Å². The summed E-state index contributed by atoms with van der Waals surface area (Å²) in [5.74, 6) is 0. The number of urea groups is 1. The van der Waals surface area contributed by atoms with Gasteiger partial charge < -0.3 is 20.1 Å². The summed E-state index contributed by atoms with van der Waals surface area (Å²) in [6.45, 7) is 1.82. The summed E-state index contributed by atoms with van der Waals surface area (Å²) in [5.41, 5.74) is 1.22. The second kappa shape index (κ2) is 7.87. The molecule has 2 amide bonds. The molecule has 1 saturated heterocycles. The Morgan fingerprint density at radius 2 is 2.20 bits per heavy atom.